The highest BCUT2D eigenvalue weighted by Crippen LogP contribution is 2.45. The Morgan fingerprint density at radius 1 is 0.301 bits per heavy atom. The number of rotatable bonds is 71. The molecule has 3 N–H and O–H groups in total. The number of carbonyl (C=O) groups is 4. The lowest BCUT2D eigenvalue weighted by Crippen LogP contribution is -2.30. The molecule has 19 heteroatoms. The molecule has 0 aromatic rings. The van der Waals surface area contributed by atoms with E-state index in [0.717, 1.165) is 114 Å². The quantitative estimate of drug-likeness (QED) is 0.0222. The molecule has 552 valence electrons. The molecule has 0 rings (SSSR count). The number of hydrogen-bond donors (Lipinski definition) is 3. The van der Waals surface area contributed by atoms with Crippen molar-refractivity contribution in [3.63, 3.8) is 0 Å². The molecular formula is C74H144O17P2. The van der Waals surface area contributed by atoms with Crippen molar-refractivity contribution in [3.8, 4) is 0 Å². The van der Waals surface area contributed by atoms with Crippen molar-refractivity contribution in [2.75, 3.05) is 39.6 Å². The van der Waals surface area contributed by atoms with E-state index in [1.807, 2.05) is 0 Å². The number of aliphatic hydroxyl groups is 1. The highest BCUT2D eigenvalue weighted by Gasteiger charge is 2.30. The predicted molar refractivity (Wildman–Crippen MR) is 377 cm³/mol. The molecule has 93 heavy (non-hydrogen) atoms. The van der Waals surface area contributed by atoms with Crippen molar-refractivity contribution in [1.82, 2.24) is 0 Å². The fraction of sp³-hybridized carbons (Fsp3) is 0.946. The van der Waals surface area contributed by atoms with Crippen LogP contribution in [0.4, 0.5) is 0 Å². The van der Waals surface area contributed by atoms with Gasteiger partial charge in [-0.05, 0) is 49.4 Å². The number of phosphoric ester groups is 2. The van der Waals surface area contributed by atoms with E-state index in [9.17, 15) is 43.2 Å². The van der Waals surface area contributed by atoms with Crippen LogP contribution in [0.5, 0.6) is 0 Å². The van der Waals surface area contributed by atoms with E-state index in [1.54, 1.807) is 0 Å². The summed E-state index contributed by atoms with van der Waals surface area (Å²) in [7, 11) is -9.91. The van der Waals surface area contributed by atoms with E-state index in [0.29, 0.717) is 31.6 Å². The van der Waals surface area contributed by atoms with Gasteiger partial charge < -0.3 is 33.8 Å². The summed E-state index contributed by atoms with van der Waals surface area (Å²) in [5, 5.41) is 10.6. The first-order chi connectivity index (χ1) is 44.7. The summed E-state index contributed by atoms with van der Waals surface area (Å²) in [5.74, 6) is 0.928. The van der Waals surface area contributed by atoms with Crippen molar-refractivity contribution < 1.29 is 80.2 Å². The van der Waals surface area contributed by atoms with E-state index in [4.69, 9.17) is 37.0 Å². The van der Waals surface area contributed by atoms with Crippen LogP contribution in [0, 0.1) is 23.7 Å². The maximum absolute atomic E-state index is 13.0. The van der Waals surface area contributed by atoms with Crippen LogP contribution in [0.25, 0.3) is 0 Å². The molecule has 0 aliphatic rings. The molecule has 0 radical (unpaired) electrons. The second-order valence-electron chi connectivity index (χ2n) is 28.1. The zero-order chi connectivity index (χ0) is 68.9. The van der Waals surface area contributed by atoms with Gasteiger partial charge in [-0.15, -0.1) is 0 Å². The minimum absolute atomic E-state index is 0.103. The predicted octanol–water partition coefficient (Wildman–Crippen LogP) is 21.3. The van der Waals surface area contributed by atoms with Gasteiger partial charge in [0.2, 0.25) is 0 Å². The average Bonchev–Trinajstić information content (AvgIpc) is 2.64. The van der Waals surface area contributed by atoms with Crippen molar-refractivity contribution in [2.45, 2.75) is 388 Å². The Balaban J connectivity index is 5.21. The summed E-state index contributed by atoms with van der Waals surface area (Å²) in [6.07, 6.45) is 47.3. The van der Waals surface area contributed by atoms with Crippen molar-refractivity contribution in [3.05, 3.63) is 0 Å². The number of ether oxygens (including phenoxy) is 4. The van der Waals surface area contributed by atoms with Crippen LogP contribution >= 0.6 is 15.6 Å². The molecule has 0 saturated carbocycles. The smallest absolute Gasteiger partial charge is 0.462 e. The number of esters is 4. The van der Waals surface area contributed by atoms with E-state index in [-0.39, 0.29) is 25.7 Å². The van der Waals surface area contributed by atoms with Gasteiger partial charge in [-0.3, -0.25) is 37.3 Å². The third-order valence-electron chi connectivity index (χ3n) is 17.8. The van der Waals surface area contributed by atoms with Crippen LogP contribution in [0.3, 0.4) is 0 Å². The largest absolute Gasteiger partial charge is 0.472 e. The Morgan fingerprint density at radius 3 is 0.763 bits per heavy atom. The lowest BCUT2D eigenvalue weighted by atomic mass is 9.99. The van der Waals surface area contributed by atoms with Crippen molar-refractivity contribution >= 4 is 39.5 Å². The maximum Gasteiger partial charge on any atom is 0.472 e. The first kappa shape index (κ1) is 91.1. The van der Waals surface area contributed by atoms with Gasteiger partial charge in [0, 0.05) is 25.7 Å². The molecule has 0 bridgehead atoms. The molecule has 0 aromatic heterocycles. The Bertz CT molecular complexity index is 1840. The SMILES string of the molecule is CCC(C)CCCCCCCCCCCCCCCCC(=O)O[C@H](COC(=O)CCCCCCCCC(C)CC)COP(=O)(O)OC[C@H](O)COP(=O)(O)OC[C@@H](COC(=O)CCCCCCCCCCCCCCC(C)C)OC(=O)CCCCCCCCCC(C)C. The topological polar surface area (TPSA) is 237 Å². The van der Waals surface area contributed by atoms with Crippen LogP contribution in [-0.4, -0.2) is 96.7 Å². The zero-order valence-electron chi connectivity index (χ0n) is 60.9. The molecule has 0 heterocycles. The number of phosphoric acid groups is 2. The number of aliphatic hydroxyl groups excluding tert-OH is 1. The number of unbranched alkanes of at least 4 members (excludes halogenated alkanes) is 35. The van der Waals surface area contributed by atoms with Crippen LogP contribution in [0.2, 0.25) is 0 Å². The van der Waals surface area contributed by atoms with E-state index in [1.165, 1.54) is 167 Å². The van der Waals surface area contributed by atoms with Crippen LogP contribution in [-0.2, 0) is 65.4 Å². The van der Waals surface area contributed by atoms with Gasteiger partial charge in [-0.2, -0.15) is 0 Å². The standard InChI is InChI=1S/C74H144O17P2/c1-9-66(7)52-44-36-28-22-18-13-11-12-14-20-24-30-40-48-56-73(78)90-70(61-85-72(77)55-47-39-33-32-37-45-53-67(8)10-2)63-89-93(82,83)87-59-68(75)58-86-92(80,81)88-62-69(91-74(79)57-49-41-31-25-27-35-43-51-65(5)6)60-84-71(76)54-46-38-29-23-19-16-15-17-21-26-34-42-50-64(3)4/h64-70,75H,9-63H2,1-8H3,(H,80,81)(H,82,83)/t66?,67?,68-,69-,70-/m1/s1. The summed E-state index contributed by atoms with van der Waals surface area (Å²) in [5.41, 5.74) is 0. The second-order valence-corrected chi connectivity index (χ2v) is 31.0. The maximum atomic E-state index is 13.0. The number of hydrogen-bond acceptors (Lipinski definition) is 15. The summed E-state index contributed by atoms with van der Waals surface area (Å²) in [6.45, 7) is 14.1. The third kappa shape index (κ3) is 65.8. The highest BCUT2D eigenvalue weighted by atomic mass is 31.2. The number of carbonyl (C=O) groups excluding carboxylic acids is 4. The molecule has 7 atom stereocenters. The van der Waals surface area contributed by atoms with Gasteiger partial charge in [0.05, 0.1) is 26.4 Å². The van der Waals surface area contributed by atoms with Gasteiger partial charge in [-0.25, -0.2) is 9.13 Å². The van der Waals surface area contributed by atoms with Crippen molar-refractivity contribution in [1.29, 1.82) is 0 Å². The first-order valence-corrected chi connectivity index (χ1v) is 41.3. The Hall–Kier alpha value is -1.94. The first-order valence-electron chi connectivity index (χ1n) is 38.3. The minimum Gasteiger partial charge on any atom is -0.462 e. The lowest BCUT2D eigenvalue weighted by Gasteiger charge is -2.21. The monoisotopic (exact) mass is 1370 g/mol. The van der Waals surface area contributed by atoms with Crippen LogP contribution < -0.4 is 0 Å². The summed E-state index contributed by atoms with van der Waals surface area (Å²) in [6, 6.07) is 0. The Labute approximate surface area is 568 Å². The summed E-state index contributed by atoms with van der Waals surface area (Å²) >= 11 is 0. The fourth-order valence-corrected chi connectivity index (χ4v) is 12.7. The fourth-order valence-electron chi connectivity index (χ4n) is 11.1. The van der Waals surface area contributed by atoms with Gasteiger partial charge >= 0.3 is 39.5 Å². The molecular weight excluding hydrogens is 1220 g/mol. The van der Waals surface area contributed by atoms with Gasteiger partial charge in [0.1, 0.15) is 19.3 Å². The van der Waals surface area contributed by atoms with Crippen molar-refractivity contribution in [2.24, 2.45) is 23.7 Å². The van der Waals surface area contributed by atoms with E-state index in [2.05, 4.69) is 55.4 Å². The van der Waals surface area contributed by atoms with E-state index < -0.39 is 97.5 Å². The Kier molecular flexibility index (Phi) is 62.2. The van der Waals surface area contributed by atoms with Gasteiger partial charge in [-0.1, -0.05) is 319 Å². The summed E-state index contributed by atoms with van der Waals surface area (Å²) < 4.78 is 68.4. The molecule has 0 saturated heterocycles. The highest BCUT2D eigenvalue weighted by molar-refractivity contribution is 7.47. The second kappa shape index (κ2) is 63.5. The molecule has 4 unspecified atom stereocenters. The normalized spacial score (nSPS) is 14.8. The van der Waals surface area contributed by atoms with Gasteiger partial charge in [0.25, 0.3) is 0 Å². The molecule has 17 nitrogen and oxygen atoms in total. The lowest BCUT2D eigenvalue weighted by molar-refractivity contribution is -0.161. The van der Waals surface area contributed by atoms with Crippen LogP contribution in [0.15, 0.2) is 0 Å². The zero-order valence-corrected chi connectivity index (χ0v) is 62.7. The van der Waals surface area contributed by atoms with Gasteiger partial charge in [0.15, 0.2) is 12.2 Å². The molecule has 0 aliphatic heterocycles. The average molecular weight is 1370 g/mol. The molecule has 0 aliphatic carbocycles. The third-order valence-corrected chi connectivity index (χ3v) is 19.7. The molecule has 0 fully saturated rings. The molecule has 0 spiro atoms. The molecule has 0 aromatic carbocycles. The van der Waals surface area contributed by atoms with E-state index >= 15 is 0 Å². The van der Waals surface area contributed by atoms with Crippen LogP contribution in [0.1, 0.15) is 370 Å². The Morgan fingerprint density at radius 2 is 0.516 bits per heavy atom. The minimum atomic E-state index is -4.96. The molecule has 0 amide bonds. The summed E-state index contributed by atoms with van der Waals surface area (Å²) in [4.78, 5) is 72.7.